The monoisotopic (exact) mass is 293 g/mol. The van der Waals surface area contributed by atoms with Crippen LogP contribution in [0.4, 0.5) is 5.69 Å². The Bertz CT molecular complexity index is 594. The second-order valence-corrected chi connectivity index (χ2v) is 5.38. The maximum Gasteiger partial charge on any atom is 0.260 e. The summed E-state index contributed by atoms with van der Waals surface area (Å²) in [5, 5.41) is 4.58. The normalized spacial score (nSPS) is 19.1. The van der Waals surface area contributed by atoms with Crippen molar-refractivity contribution in [2.75, 3.05) is 12.3 Å². The number of anilines is 1. The zero-order valence-corrected chi connectivity index (χ0v) is 11.8. The van der Waals surface area contributed by atoms with Gasteiger partial charge in [-0.2, -0.15) is 4.98 Å². The SMILES string of the molecule is Nc1ccc(Cl)cc1-c1nc(CC2CCCCO2)no1. The highest BCUT2D eigenvalue weighted by Crippen LogP contribution is 2.28. The van der Waals surface area contributed by atoms with E-state index < -0.39 is 0 Å². The summed E-state index contributed by atoms with van der Waals surface area (Å²) in [7, 11) is 0. The van der Waals surface area contributed by atoms with E-state index in [-0.39, 0.29) is 6.10 Å². The van der Waals surface area contributed by atoms with Crippen molar-refractivity contribution in [3.8, 4) is 11.5 Å². The standard InChI is InChI=1S/C14H16ClN3O2/c15-9-4-5-12(16)11(7-9)14-17-13(18-20-14)8-10-3-1-2-6-19-10/h4-5,7,10H,1-3,6,8,16H2. The van der Waals surface area contributed by atoms with Gasteiger partial charge in [-0.05, 0) is 37.5 Å². The molecule has 0 spiro atoms. The molecule has 2 heterocycles. The van der Waals surface area contributed by atoms with Gasteiger partial charge in [-0.15, -0.1) is 0 Å². The second-order valence-electron chi connectivity index (χ2n) is 4.94. The Hall–Kier alpha value is -1.59. The highest BCUT2D eigenvalue weighted by molar-refractivity contribution is 6.31. The second kappa shape index (κ2) is 5.81. The lowest BCUT2D eigenvalue weighted by molar-refractivity contribution is 0.0153. The first-order chi connectivity index (χ1) is 9.72. The number of hydrogen-bond acceptors (Lipinski definition) is 5. The molecule has 0 radical (unpaired) electrons. The third kappa shape index (κ3) is 2.94. The number of nitrogens with two attached hydrogens (primary N) is 1. The van der Waals surface area contributed by atoms with Gasteiger partial charge in [0.1, 0.15) is 0 Å². The molecular weight excluding hydrogens is 278 g/mol. The fourth-order valence-corrected chi connectivity index (χ4v) is 2.50. The maximum atomic E-state index is 5.96. The number of nitrogens with zero attached hydrogens (tertiary/aromatic N) is 2. The van der Waals surface area contributed by atoms with E-state index in [0.29, 0.717) is 34.4 Å². The van der Waals surface area contributed by atoms with E-state index in [9.17, 15) is 0 Å². The van der Waals surface area contributed by atoms with Crippen LogP contribution in [-0.4, -0.2) is 22.9 Å². The van der Waals surface area contributed by atoms with Gasteiger partial charge in [0.25, 0.3) is 5.89 Å². The quantitative estimate of drug-likeness (QED) is 0.880. The summed E-state index contributed by atoms with van der Waals surface area (Å²) in [6.45, 7) is 0.816. The van der Waals surface area contributed by atoms with E-state index in [2.05, 4.69) is 10.1 Å². The molecule has 1 unspecified atom stereocenters. The molecule has 0 amide bonds. The van der Waals surface area contributed by atoms with Crippen molar-refractivity contribution in [1.29, 1.82) is 0 Å². The molecule has 5 nitrogen and oxygen atoms in total. The molecule has 1 fully saturated rings. The Balaban J connectivity index is 1.77. The van der Waals surface area contributed by atoms with Crippen LogP contribution in [0.15, 0.2) is 22.7 Å². The lowest BCUT2D eigenvalue weighted by atomic mass is 10.1. The molecule has 106 valence electrons. The first-order valence-electron chi connectivity index (χ1n) is 6.72. The zero-order chi connectivity index (χ0) is 13.9. The molecule has 0 bridgehead atoms. The van der Waals surface area contributed by atoms with Crippen LogP contribution in [0.5, 0.6) is 0 Å². The molecule has 1 aromatic heterocycles. The molecule has 20 heavy (non-hydrogen) atoms. The summed E-state index contributed by atoms with van der Waals surface area (Å²) < 4.78 is 10.9. The minimum Gasteiger partial charge on any atom is -0.398 e. The largest absolute Gasteiger partial charge is 0.398 e. The minimum atomic E-state index is 0.186. The average molecular weight is 294 g/mol. The van der Waals surface area contributed by atoms with Gasteiger partial charge in [-0.25, -0.2) is 0 Å². The molecule has 1 atom stereocenters. The minimum absolute atomic E-state index is 0.186. The van der Waals surface area contributed by atoms with Crippen LogP contribution in [0, 0.1) is 0 Å². The van der Waals surface area contributed by atoms with E-state index >= 15 is 0 Å². The van der Waals surface area contributed by atoms with Gasteiger partial charge < -0.3 is 15.0 Å². The van der Waals surface area contributed by atoms with E-state index in [1.165, 1.54) is 6.42 Å². The molecular formula is C14H16ClN3O2. The number of aromatic nitrogens is 2. The number of halogens is 1. The number of benzene rings is 1. The smallest absolute Gasteiger partial charge is 0.260 e. The summed E-state index contributed by atoms with van der Waals surface area (Å²) in [4.78, 5) is 4.38. The van der Waals surface area contributed by atoms with E-state index in [1.54, 1.807) is 18.2 Å². The molecule has 3 rings (SSSR count). The summed E-state index contributed by atoms with van der Waals surface area (Å²) in [6.07, 6.45) is 4.22. The van der Waals surface area contributed by atoms with E-state index in [1.807, 2.05) is 0 Å². The fourth-order valence-electron chi connectivity index (χ4n) is 2.33. The Morgan fingerprint density at radius 1 is 1.35 bits per heavy atom. The first-order valence-corrected chi connectivity index (χ1v) is 7.10. The fraction of sp³-hybridized carbons (Fsp3) is 0.429. The number of hydrogen-bond donors (Lipinski definition) is 1. The molecule has 0 saturated carbocycles. The lowest BCUT2D eigenvalue weighted by Crippen LogP contribution is -2.21. The highest BCUT2D eigenvalue weighted by atomic mass is 35.5. The number of rotatable bonds is 3. The Morgan fingerprint density at radius 2 is 2.25 bits per heavy atom. The van der Waals surface area contributed by atoms with E-state index in [0.717, 1.165) is 19.4 Å². The van der Waals surface area contributed by atoms with Gasteiger partial charge in [0.05, 0.1) is 11.7 Å². The Morgan fingerprint density at radius 3 is 3.05 bits per heavy atom. The number of ether oxygens (including phenoxy) is 1. The van der Waals surface area contributed by atoms with Crippen molar-refractivity contribution < 1.29 is 9.26 Å². The summed E-state index contributed by atoms with van der Waals surface area (Å²) >= 11 is 5.96. The molecule has 1 aromatic carbocycles. The average Bonchev–Trinajstić information content (AvgIpc) is 2.91. The molecule has 2 N–H and O–H groups in total. The van der Waals surface area contributed by atoms with Gasteiger partial charge in [-0.1, -0.05) is 16.8 Å². The third-order valence-electron chi connectivity index (χ3n) is 3.40. The van der Waals surface area contributed by atoms with Crippen LogP contribution in [0.2, 0.25) is 5.02 Å². The van der Waals surface area contributed by atoms with Crippen LogP contribution < -0.4 is 5.73 Å². The van der Waals surface area contributed by atoms with Gasteiger partial charge in [0.15, 0.2) is 5.82 Å². The lowest BCUT2D eigenvalue weighted by Gasteiger charge is -2.20. The van der Waals surface area contributed by atoms with Crippen LogP contribution in [0.3, 0.4) is 0 Å². The topological polar surface area (TPSA) is 74.2 Å². The van der Waals surface area contributed by atoms with Crippen LogP contribution in [-0.2, 0) is 11.2 Å². The Labute approximate surface area is 122 Å². The predicted octanol–water partition coefficient (Wildman–Crippen LogP) is 3.08. The van der Waals surface area contributed by atoms with Gasteiger partial charge in [-0.3, -0.25) is 0 Å². The van der Waals surface area contributed by atoms with E-state index in [4.69, 9.17) is 26.6 Å². The van der Waals surface area contributed by atoms with Crippen molar-refractivity contribution in [2.24, 2.45) is 0 Å². The molecule has 1 aliphatic rings. The molecule has 1 saturated heterocycles. The van der Waals surface area contributed by atoms with Crippen molar-refractivity contribution in [3.63, 3.8) is 0 Å². The number of nitrogen functional groups attached to an aromatic ring is 1. The summed E-state index contributed by atoms with van der Waals surface area (Å²) in [6, 6.07) is 5.19. The predicted molar refractivity (Wildman–Crippen MR) is 76.5 cm³/mol. The summed E-state index contributed by atoms with van der Waals surface area (Å²) in [5.74, 6) is 1.04. The van der Waals surface area contributed by atoms with Crippen molar-refractivity contribution in [1.82, 2.24) is 10.1 Å². The van der Waals surface area contributed by atoms with Crippen molar-refractivity contribution in [3.05, 3.63) is 29.0 Å². The molecule has 0 aliphatic carbocycles. The van der Waals surface area contributed by atoms with Crippen LogP contribution in [0.1, 0.15) is 25.1 Å². The Kier molecular flexibility index (Phi) is 3.89. The first kappa shape index (κ1) is 13.4. The van der Waals surface area contributed by atoms with Crippen molar-refractivity contribution in [2.45, 2.75) is 31.8 Å². The van der Waals surface area contributed by atoms with Crippen molar-refractivity contribution >= 4 is 17.3 Å². The zero-order valence-electron chi connectivity index (χ0n) is 11.0. The van der Waals surface area contributed by atoms with Gasteiger partial charge in [0, 0.05) is 23.7 Å². The third-order valence-corrected chi connectivity index (χ3v) is 3.63. The highest BCUT2D eigenvalue weighted by Gasteiger charge is 2.19. The van der Waals surface area contributed by atoms with Crippen LogP contribution >= 0.6 is 11.6 Å². The molecule has 6 heteroatoms. The van der Waals surface area contributed by atoms with Gasteiger partial charge in [0.2, 0.25) is 0 Å². The van der Waals surface area contributed by atoms with Crippen LogP contribution in [0.25, 0.3) is 11.5 Å². The molecule has 2 aromatic rings. The molecule has 1 aliphatic heterocycles. The summed E-state index contributed by atoms with van der Waals surface area (Å²) in [5.41, 5.74) is 7.14. The maximum absolute atomic E-state index is 5.96. The van der Waals surface area contributed by atoms with Gasteiger partial charge >= 0.3 is 0 Å².